The summed E-state index contributed by atoms with van der Waals surface area (Å²) in [5.74, 6) is 0. The quantitative estimate of drug-likeness (QED) is 0.703. The zero-order chi connectivity index (χ0) is 7.94. The Kier molecular flexibility index (Phi) is 12.9. The standard InChI is InChI=1S/C8H18N2O.2ClH/c1-9-4-2-3-8-7-11-6-5-10-8;;/h8-10H,2-7H2,1H3;2*1H. The first-order chi connectivity index (χ1) is 5.43. The molecule has 0 aromatic heterocycles. The van der Waals surface area contributed by atoms with E-state index in [1.54, 1.807) is 0 Å². The number of halogens is 2. The fourth-order valence-electron chi connectivity index (χ4n) is 1.33. The topological polar surface area (TPSA) is 33.3 Å². The van der Waals surface area contributed by atoms with Gasteiger partial charge in [-0.3, -0.25) is 0 Å². The van der Waals surface area contributed by atoms with E-state index in [4.69, 9.17) is 4.74 Å². The van der Waals surface area contributed by atoms with Gasteiger partial charge < -0.3 is 15.4 Å². The summed E-state index contributed by atoms with van der Waals surface area (Å²) in [6.45, 7) is 3.90. The molecule has 1 saturated heterocycles. The average Bonchev–Trinajstić information content (AvgIpc) is 2.07. The van der Waals surface area contributed by atoms with E-state index in [2.05, 4.69) is 10.6 Å². The minimum atomic E-state index is 0. The predicted molar refractivity (Wildman–Crippen MR) is 60.3 cm³/mol. The molecule has 1 unspecified atom stereocenters. The Hall–Kier alpha value is 0.460. The number of nitrogens with one attached hydrogen (secondary N) is 2. The highest BCUT2D eigenvalue weighted by atomic mass is 35.5. The lowest BCUT2D eigenvalue weighted by Gasteiger charge is -2.23. The van der Waals surface area contributed by atoms with Crippen LogP contribution in [0.15, 0.2) is 0 Å². The van der Waals surface area contributed by atoms with Crippen LogP contribution in [0, 0.1) is 0 Å². The molecule has 5 heteroatoms. The second-order valence-electron chi connectivity index (χ2n) is 2.97. The lowest BCUT2D eigenvalue weighted by atomic mass is 10.1. The number of hydrogen-bond acceptors (Lipinski definition) is 3. The molecule has 1 atom stereocenters. The Morgan fingerprint density at radius 1 is 1.46 bits per heavy atom. The van der Waals surface area contributed by atoms with Gasteiger partial charge in [0.1, 0.15) is 0 Å². The molecule has 1 rings (SSSR count). The van der Waals surface area contributed by atoms with Crippen LogP contribution in [0.25, 0.3) is 0 Å². The highest BCUT2D eigenvalue weighted by molar-refractivity contribution is 5.85. The number of rotatable bonds is 4. The fourth-order valence-corrected chi connectivity index (χ4v) is 1.33. The van der Waals surface area contributed by atoms with Gasteiger partial charge in [0.25, 0.3) is 0 Å². The van der Waals surface area contributed by atoms with Gasteiger partial charge in [-0.1, -0.05) is 0 Å². The molecule has 13 heavy (non-hydrogen) atoms. The van der Waals surface area contributed by atoms with E-state index >= 15 is 0 Å². The molecule has 0 aromatic carbocycles. The monoisotopic (exact) mass is 230 g/mol. The summed E-state index contributed by atoms with van der Waals surface area (Å²) in [6.07, 6.45) is 2.46. The van der Waals surface area contributed by atoms with Crippen LogP contribution in [0.3, 0.4) is 0 Å². The van der Waals surface area contributed by atoms with Gasteiger partial charge in [0.2, 0.25) is 0 Å². The molecule has 0 saturated carbocycles. The molecule has 0 aliphatic carbocycles. The summed E-state index contributed by atoms with van der Waals surface area (Å²) in [5, 5.41) is 6.56. The SMILES string of the molecule is CNCCCC1COCCN1.Cl.Cl. The van der Waals surface area contributed by atoms with Crippen LogP contribution in [-0.4, -0.2) is 39.4 Å². The second kappa shape index (κ2) is 10.5. The van der Waals surface area contributed by atoms with Crippen LogP contribution in [0.4, 0.5) is 0 Å². The zero-order valence-electron chi connectivity index (χ0n) is 8.04. The van der Waals surface area contributed by atoms with Crippen LogP contribution in [0.1, 0.15) is 12.8 Å². The van der Waals surface area contributed by atoms with Crippen LogP contribution in [0.5, 0.6) is 0 Å². The first kappa shape index (κ1) is 15.9. The minimum Gasteiger partial charge on any atom is -0.379 e. The van der Waals surface area contributed by atoms with Gasteiger partial charge in [-0.25, -0.2) is 0 Å². The van der Waals surface area contributed by atoms with Crippen LogP contribution < -0.4 is 10.6 Å². The van der Waals surface area contributed by atoms with Crippen molar-refractivity contribution in [3.05, 3.63) is 0 Å². The normalized spacial score (nSPS) is 21.5. The number of hydrogen-bond donors (Lipinski definition) is 2. The first-order valence-corrected chi connectivity index (χ1v) is 4.39. The molecule has 1 heterocycles. The van der Waals surface area contributed by atoms with Crippen molar-refractivity contribution in [1.82, 2.24) is 10.6 Å². The maximum Gasteiger partial charge on any atom is 0.0620 e. The molecule has 1 aliphatic rings. The molecule has 82 valence electrons. The molecule has 1 aliphatic heterocycles. The van der Waals surface area contributed by atoms with Crippen molar-refractivity contribution >= 4 is 24.8 Å². The Morgan fingerprint density at radius 3 is 2.77 bits per heavy atom. The minimum absolute atomic E-state index is 0. The molecule has 1 fully saturated rings. The molecule has 0 amide bonds. The number of morpholine rings is 1. The van der Waals surface area contributed by atoms with Gasteiger partial charge in [-0.15, -0.1) is 24.8 Å². The van der Waals surface area contributed by atoms with E-state index in [0.717, 1.165) is 26.3 Å². The molecule has 0 spiro atoms. The fraction of sp³-hybridized carbons (Fsp3) is 1.00. The zero-order valence-corrected chi connectivity index (χ0v) is 9.68. The third-order valence-electron chi connectivity index (χ3n) is 1.98. The lowest BCUT2D eigenvalue weighted by molar-refractivity contribution is 0.0736. The average molecular weight is 231 g/mol. The highest BCUT2D eigenvalue weighted by Crippen LogP contribution is 2.00. The maximum absolute atomic E-state index is 5.33. The molecule has 0 bridgehead atoms. The van der Waals surface area contributed by atoms with E-state index in [1.807, 2.05) is 7.05 Å². The number of ether oxygens (including phenoxy) is 1. The van der Waals surface area contributed by atoms with E-state index in [9.17, 15) is 0 Å². The molecule has 0 radical (unpaired) electrons. The van der Waals surface area contributed by atoms with Crippen LogP contribution in [0.2, 0.25) is 0 Å². The van der Waals surface area contributed by atoms with Gasteiger partial charge in [-0.2, -0.15) is 0 Å². The van der Waals surface area contributed by atoms with Crippen LogP contribution in [-0.2, 0) is 4.74 Å². The Bertz CT molecular complexity index is 100. The van der Waals surface area contributed by atoms with Crippen molar-refractivity contribution in [3.63, 3.8) is 0 Å². The summed E-state index contributed by atoms with van der Waals surface area (Å²) >= 11 is 0. The second-order valence-corrected chi connectivity index (χ2v) is 2.97. The van der Waals surface area contributed by atoms with E-state index in [-0.39, 0.29) is 24.8 Å². The lowest BCUT2D eigenvalue weighted by Crippen LogP contribution is -2.41. The van der Waals surface area contributed by atoms with Crippen molar-refractivity contribution in [1.29, 1.82) is 0 Å². The molecule has 2 N–H and O–H groups in total. The third kappa shape index (κ3) is 7.52. The summed E-state index contributed by atoms with van der Waals surface area (Å²) in [4.78, 5) is 0. The first-order valence-electron chi connectivity index (χ1n) is 4.39. The summed E-state index contributed by atoms with van der Waals surface area (Å²) < 4.78 is 5.33. The predicted octanol–water partition coefficient (Wildman–Crippen LogP) is 0.818. The Balaban J connectivity index is 0. The van der Waals surface area contributed by atoms with E-state index in [1.165, 1.54) is 12.8 Å². The van der Waals surface area contributed by atoms with Gasteiger partial charge in [-0.05, 0) is 26.4 Å². The van der Waals surface area contributed by atoms with E-state index < -0.39 is 0 Å². The van der Waals surface area contributed by atoms with Crippen molar-refractivity contribution in [2.45, 2.75) is 18.9 Å². The summed E-state index contributed by atoms with van der Waals surface area (Å²) in [5.41, 5.74) is 0. The van der Waals surface area contributed by atoms with Gasteiger partial charge >= 0.3 is 0 Å². The highest BCUT2D eigenvalue weighted by Gasteiger charge is 2.11. The third-order valence-corrected chi connectivity index (χ3v) is 1.98. The Labute approximate surface area is 92.8 Å². The van der Waals surface area contributed by atoms with Crippen LogP contribution >= 0.6 is 24.8 Å². The largest absolute Gasteiger partial charge is 0.379 e. The van der Waals surface area contributed by atoms with Crippen molar-refractivity contribution in [2.75, 3.05) is 33.4 Å². The van der Waals surface area contributed by atoms with Crippen molar-refractivity contribution in [2.24, 2.45) is 0 Å². The smallest absolute Gasteiger partial charge is 0.0620 e. The Morgan fingerprint density at radius 2 is 2.23 bits per heavy atom. The molecular formula is C8H20Cl2N2O. The van der Waals surface area contributed by atoms with Gasteiger partial charge in [0.05, 0.1) is 13.2 Å². The van der Waals surface area contributed by atoms with Crippen molar-refractivity contribution in [3.8, 4) is 0 Å². The molecule has 0 aromatic rings. The molecular weight excluding hydrogens is 211 g/mol. The summed E-state index contributed by atoms with van der Waals surface area (Å²) in [6, 6.07) is 0.595. The van der Waals surface area contributed by atoms with Gasteiger partial charge in [0.15, 0.2) is 0 Å². The van der Waals surface area contributed by atoms with Crippen molar-refractivity contribution < 1.29 is 4.74 Å². The maximum atomic E-state index is 5.33. The summed E-state index contributed by atoms with van der Waals surface area (Å²) in [7, 11) is 1.99. The van der Waals surface area contributed by atoms with E-state index in [0.29, 0.717) is 6.04 Å². The van der Waals surface area contributed by atoms with Gasteiger partial charge in [0, 0.05) is 12.6 Å². The molecule has 3 nitrogen and oxygen atoms in total.